The number of carbonyl (C=O) groups excluding carboxylic acids is 2. The van der Waals surface area contributed by atoms with Crippen molar-refractivity contribution in [3.05, 3.63) is 57.1 Å². The quantitative estimate of drug-likeness (QED) is 0.381. The Morgan fingerprint density at radius 1 is 1.14 bits per heavy atom. The summed E-state index contributed by atoms with van der Waals surface area (Å²) in [6.45, 7) is 0. The predicted molar refractivity (Wildman–Crippen MR) is 79.0 cm³/mol. The highest BCUT2D eigenvalue weighted by molar-refractivity contribution is 6.25. The van der Waals surface area contributed by atoms with Gasteiger partial charge < -0.3 is 0 Å². The maximum absolute atomic E-state index is 11.9. The summed E-state index contributed by atoms with van der Waals surface area (Å²) in [4.78, 5) is 33.9. The van der Waals surface area contributed by atoms with Crippen LogP contribution in [0.3, 0.4) is 0 Å². The molecule has 3 rings (SSSR count). The van der Waals surface area contributed by atoms with E-state index in [-0.39, 0.29) is 6.42 Å². The Hall–Kier alpha value is -2.80. The third-order valence-electron chi connectivity index (χ3n) is 3.83. The maximum Gasteiger partial charge on any atom is 0.263 e. The van der Waals surface area contributed by atoms with E-state index in [1.54, 1.807) is 30.3 Å². The van der Waals surface area contributed by atoms with Crippen molar-refractivity contribution >= 4 is 22.6 Å². The van der Waals surface area contributed by atoms with Crippen molar-refractivity contribution in [2.75, 3.05) is 0 Å². The zero-order valence-corrected chi connectivity index (χ0v) is 11.5. The van der Waals surface area contributed by atoms with Crippen LogP contribution in [0.25, 0.3) is 10.8 Å². The molecule has 0 radical (unpaired) electrons. The number of imide groups is 1. The maximum atomic E-state index is 11.9. The second-order valence-electron chi connectivity index (χ2n) is 5.18. The number of hydrogen-bond donors (Lipinski definition) is 2. The third kappa shape index (κ3) is 2.21. The van der Waals surface area contributed by atoms with Gasteiger partial charge in [-0.2, -0.15) is 0 Å². The summed E-state index contributed by atoms with van der Waals surface area (Å²) in [6, 6.07) is 8.58. The molecule has 112 valence electrons. The van der Waals surface area contributed by atoms with Crippen LogP contribution in [0.4, 0.5) is 0 Å². The Bertz CT molecular complexity index is 796. The minimum atomic E-state index is -1.13. The van der Waals surface area contributed by atoms with E-state index >= 15 is 0 Å². The number of hydrogen-bond acceptors (Lipinski definition) is 5. The van der Waals surface area contributed by atoms with Crippen molar-refractivity contribution in [2.24, 2.45) is 5.73 Å². The van der Waals surface area contributed by atoms with Crippen LogP contribution in [0, 0.1) is 10.1 Å². The van der Waals surface area contributed by atoms with Crippen LogP contribution >= 0.6 is 0 Å². The fraction of sp³-hybridized carbons (Fsp3) is 0.200. The number of benzene rings is 2. The minimum Gasteiger partial charge on any atom is -0.288 e. The molecule has 0 saturated carbocycles. The number of nitro groups is 1. The molecule has 0 saturated heterocycles. The number of nitrogens with one attached hydrogen (secondary N) is 1. The minimum absolute atomic E-state index is 0.186. The zero-order chi connectivity index (χ0) is 15.9. The van der Waals surface area contributed by atoms with Crippen molar-refractivity contribution < 1.29 is 14.5 Å². The second kappa shape index (κ2) is 5.19. The molecule has 7 nitrogen and oxygen atoms in total. The lowest BCUT2D eigenvalue weighted by atomic mass is 9.91. The summed E-state index contributed by atoms with van der Waals surface area (Å²) in [5.41, 5.74) is 7.14. The van der Waals surface area contributed by atoms with Crippen LogP contribution in [0.15, 0.2) is 30.3 Å². The standard InChI is InChI=1S/C15H13N3O4/c16-12(18(21)22)7-5-8-4-6-11-13-9(8)2-1-3-10(13)14(19)17-15(11)20/h1-4,6,12H,5,7,16H2,(H,17,19,20). The SMILES string of the molecule is NC(CCc1ccc2c3c(cccc13)C(=O)NC2=O)[N+](=O)[O-]. The van der Waals surface area contributed by atoms with E-state index in [0.29, 0.717) is 22.9 Å². The van der Waals surface area contributed by atoms with E-state index in [0.717, 1.165) is 10.9 Å². The molecule has 1 unspecified atom stereocenters. The van der Waals surface area contributed by atoms with E-state index < -0.39 is 22.9 Å². The predicted octanol–water partition coefficient (Wildman–Crippen LogP) is 1.22. The number of amides is 2. The van der Waals surface area contributed by atoms with E-state index in [2.05, 4.69) is 5.32 Å². The first-order valence-corrected chi connectivity index (χ1v) is 6.78. The smallest absolute Gasteiger partial charge is 0.263 e. The van der Waals surface area contributed by atoms with Crippen molar-refractivity contribution in [3.63, 3.8) is 0 Å². The van der Waals surface area contributed by atoms with Crippen molar-refractivity contribution in [1.82, 2.24) is 5.32 Å². The Morgan fingerprint density at radius 2 is 1.82 bits per heavy atom. The van der Waals surface area contributed by atoms with Crippen LogP contribution in [0.2, 0.25) is 0 Å². The molecular weight excluding hydrogens is 286 g/mol. The van der Waals surface area contributed by atoms with Gasteiger partial charge in [0.2, 0.25) is 0 Å². The number of carbonyl (C=O) groups is 2. The highest BCUT2D eigenvalue weighted by Gasteiger charge is 2.25. The Balaban J connectivity index is 2.08. The number of nitrogens with two attached hydrogens (primary N) is 1. The molecule has 3 N–H and O–H groups in total. The number of nitrogens with zero attached hydrogens (tertiary/aromatic N) is 1. The van der Waals surface area contributed by atoms with Crippen LogP contribution in [-0.2, 0) is 6.42 Å². The third-order valence-corrected chi connectivity index (χ3v) is 3.83. The van der Waals surface area contributed by atoms with Crippen LogP contribution < -0.4 is 11.1 Å². The van der Waals surface area contributed by atoms with Crippen molar-refractivity contribution in [1.29, 1.82) is 0 Å². The van der Waals surface area contributed by atoms with Gasteiger partial charge in [0.05, 0.1) is 0 Å². The van der Waals surface area contributed by atoms with E-state index in [1.807, 2.05) is 0 Å². The van der Waals surface area contributed by atoms with Gasteiger partial charge >= 0.3 is 0 Å². The summed E-state index contributed by atoms with van der Waals surface area (Å²) >= 11 is 0. The lowest BCUT2D eigenvalue weighted by Gasteiger charge is -2.18. The summed E-state index contributed by atoms with van der Waals surface area (Å²) in [5.74, 6) is -0.857. The first-order chi connectivity index (χ1) is 10.5. The van der Waals surface area contributed by atoms with Gasteiger partial charge in [-0.3, -0.25) is 30.8 Å². The second-order valence-corrected chi connectivity index (χ2v) is 5.18. The summed E-state index contributed by atoms with van der Waals surface area (Å²) < 4.78 is 0. The largest absolute Gasteiger partial charge is 0.288 e. The topological polar surface area (TPSA) is 115 Å². The van der Waals surface area contributed by atoms with Crippen molar-refractivity contribution in [2.45, 2.75) is 19.0 Å². The highest BCUT2D eigenvalue weighted by Crippen LogP contribution is 2.29. The normalized spacial score (nSPS) is 14.8. The van der Waals surface area contributed by atoms with E-state index in [1.165, 1.54) is 0 Å². The van der Waals surface area contributed by atoms with E-state index in [4.69, 9.17) is 5.73 Å². The zero-order valence-electron chi connectivity index (χ0n) is 11.5. The van der Waals surface area contributed by atoms with Gasteiger partial charge in [-0.05, 0) is 29.5 Å². The van der Waals surface area contributed by atoms with Gasteiger partial charge in [0, 0.05) is 27.9 Å². The van der Waals surface area contributed by atoms with Gasteiger partial charge in [0.15, 0.2) is 0 Å². The number of rotatable bonds is 4. The molecule has 1 heterocycles. The molecule has 0 aliphatic carbocycles. The molecule has 1 aliphatic rings. The average molecular weight is 299 g/mol. The summed E-state index contributed by atoms with van der Waals surface area (Å²) in [6.07, 6.45) is -0.542. The molecule has 22 heavy (non-hydrogen) atoms. The van der Waals surface area contributed by atoms with Crippen LogP contribution in [0.5, 0.6) is 0 Å². The fourth-order valence-corrected chi connectivity index (χ4v) is 2.71. The molecule has 0 aromatic heterocycles. The van der Waals surface area contributed by atoms with Crippen LogP contribution in [-0.4, -0.2) is 22.9 Å². The van der Waals surface area contributed by atoms with Crippen LogP contribution in [0.1, 0.15) is 32.7 Å². The van der Waals surface area contributed by atoms with E-state index in [9.17, 15) is 19.7 Å². The molecule has 1 aliphatic heterocycles. The molecule has 7 heteroatoms. The van der Waals surface area contributed by atoms with Gasteiger partial charge in [0.25, 0.3) is 18.0 Å². The lowest BCUT2D eigenvalue weighted by molar-refractivity contribution is -0.522. The lowest BCUT2D eigenvalue weighted by Crippen LogP contribution is -2.34. The molecule has 2 aromatic rings. The molecular formula is C15H13N3O4. The first-order valence-electron chi connectivity index (χ1n) is 6.78. The fourth-order valence-electron chi connectivity index (χ4n) is 2.71. The Labute approximate surface area is 125 Å². The Morgan fingerprint density at radius 3 is 2.50 bits per heavy atom. The molecule has 2 aromatic carbocycles. The molecule has 0 fully saturated rings. The van der Waals surface area contributed by atoms with Crippen molar-refractivity contribution in [3.8, 4) is 0 Å². The summed E-state index contributed by atoms with van der Waals surface area (Å²) in [5, 5.41) is 14.3. The van der Waals surface area contributed by atoms with Gasteiger partial charge in [-0.15, -0.1) is 0 Å². The average Bonchev–Trinajstić information content (AvgIpc) is 2.50. The summed E-state index contributed by atoms with van der Waals surface area (Å²) in [7, 11) is 0. The first kappa shape index (κ1) is 14.2. The molecule has 0 spiro atoms. The highest BCUT2D eigenvalue weighted by atomic mass is 16.6. The van der Waals surface area contributed by atoms with Gasteiger partial charge in [0.1, 0.15) is 0 Å². The van der Waals surface area contributed by atoms with Gasteiger partial charge in [-0.25, -0.2) is 0 Å². The number of aryl methyl sites for hydroxylation is 1. The molecule has 1 atom stereocenters. The molecule has 2 amide bonds. The monoisotopic (exact) mass is 299 g/mol. The Kier molecular flexibility index (Phi) is 3.34. The molecule has 0 bridgehead atoms. The van der Waals surface area contributed by atoms with Gasteiger partial charge in [-0.1, -0.05) is 18.2 Å².